The van der Waals surface area contributed by atoms with Gasteiger partial charge in [0.05, 0.1) is 0 Å². The quantitative estimate of drug-likeness (QED) is 0.192. The molecule has 0 N–H and O–H groups in total. The molecule has 1 nitrogen and oxygen atoms in total. The van der Waals surface area contributed by atoms with Gasteiger partial charge in [0.15, 0.2) is 0 Å². The van der Waals surface area contributed by atoms with Crippen LogP contribution in [0.25, 0.3) is 0 Å². The van der Waals surface area contributed by atoms with Gasteiger partial charge in [0, 0.05) is 0 Å². The zero-order chi connectivity index (χ0) is 22.3. The Labute approximate surface area is 218 Å². The average Bonchev–Trinajstić information content (AvgIpc) is 2.89. The molecular formula is C27H47Cl2OSiTi. The summed E-state index contributed by atoms with van der Waals surface area (Å²) < 4.78 is 8.75. The van der Waals surface area contributed by atoms with E-state index in [1.807, 2.05) is 0 Å². The fourth-order valence-electron chi connectivity index (χ4n) is 4.61. The first kappa shape index (κ1) is 32.0. The Morgan fingerprint density at radius 2 is 1.31 bits per heavy atom. The zero-order valence-electron chi connectivity index (χ0n) is 21.8. The minimum atomic E-state index is -1.75. The van der Waals surface area contributed by atoms with E-state index < -0.39 is 24.2 Å². The number of unbranched alkanes of at least 4 members (excludes halogenated alkanes) is 4. The van der Waals surface area contributed by atoms with Gasteiger partial charge in [-0.05, 0) is 0 Å². The van der Waals surface area contributed by atoms with Gasteiger partial charge in [0.1, 0.15) is 0 Å². The molecule has 1 atom stereocenters. The summed E-state index contributed by atoms with van der Waals surface area (Å²) in [6, 6.07) is 7.22. The van der Waals surface area contributed by atoms with Gasteiger partial charge in [-0.15, -0.1) is 24.8 Å². The molecular weight excluding hydrogens is 487 g/mol. The van der Waals surface area contributed by atoms with Crippen LogP contribution in [-0.4, -0.2) is 6.66 Å². The van der Waals surface area contributed by atoms with Crippen LogP contribution in [0.4, 0.5) is 0 Å². The van der Waals surface area contributed by atoms with Gasteiger partial charge < -0.3 is 0 Å². The molecule has 0 spiro atoms. The summed E-state index contributed by atoms with van der Waals surface area (Å²) in [6.07, 6.45) is 10.2. The summed E-state index contributed by atoms with van der Waals surface area (Å²) >= 11 is -1.75. The first-order valence-corrected chi connectivity index (χ1v) is 19.4. The second kappa shape index (κ2) is 15.8. The second-order valence-corrected chi connectivity index (χ2v) is 21.8. The molecule has 32 heavy (non-hydrogen) atoms. The third-order valence-electron chi connectivity index (χ3n) is 6.82. The van der Waals surface area contributed by atoms with E-state index in [4.69, 9.17) is 3.32 Å². The van der Waals surface area contributed by atoms with Crippen molar-refractivity contribution >= 4 is 31.5 Å². The van der Waals surface area contributed by atoms with Crippen molar-refractivity contribution in [3.63, 3.8) is 0 Å². The van der Waals surface area contributed by atoms with E-state index in [9.17, 15) is 0 Å². The molecule has 1 unspecified atom stereocenters. The number of rotatable bonds is 12. The van der Waals surface area contributed by atoms with Crippen LogP contribution >= 0.6 is 24.8 Å². The van der Waals surface area contributed by atoms with Crippen molar-refractivity contribution in [1.82, 2.24) is 0 Å². The molecule has 0 fully saturated rings. The Bertz CT molecular complexity index is 745. The number of allylic oxidation sites excluding steroid dienone is 4. The first-order chi connectivity index (χ1) is 14.3. The zero-order valence-corrected chi connectivity index (χ0v) is 26.1. The van der Waals surface area contributed by atoms with Crippen LogP contribution in [-0.2, 0) is 30.4 Å². The van der Waals surface area contributed by atoms with Crippen LogP contribution in [0.15, 0.2) is 38.8 Å². The van der Waals surface area contributed by atoms with Crippen LogP contribution in [0, 0.1) is 5.92 Å². The molecule has 1 aromatic rings. The van der Waals surface area contributed by atoms with Crippen molar-refractivity contribution in [1.29, 1.82) is 0 Å². The van der Waals surface area contributed by atoms with Gasteiger partial charge in [-0.1, -0.05) is 0 Å². The molecule has 0 saturated carbocycles. The SMILES string of the molecule is CCCCCc1cc(CCCCC)cc([O][Ti]([C]2=C(C)C(C)=C(C)C2C)[SiH](C)C)c1.Cl.Cl. The molecule has 0 heterocycles. The van der Waals surface area contributed by atoms with Gasteiger partial charge in [-0.2, -0.15) is 0 Å². The molecule has 183 valence electrons. The van der Waals surface area contributed by atoms with Crippen LogP contribution in [0.2, 0.25) is 13.1 Å². The number of benzene rings is 1. The smallest absolute Gasteiger partial charge is 0.147 e. The maximum absolute atomic E-state index is 7.04. The summed E-state index contributed by atoms with van der Waals surface area (Å²) in [6.45, 7) is 18.1. The molecule has 0 saturated heterocycles. The predicted molar refractivity (Wildman–Crippen MR) is 147 cm³/mol. The molecule has 0 radical (unpaired) electrons. The monoisotopic (exact) mass is 533 g/mol. The fraction of sp³-hybridized carbons (Fsp3) is 0.630. The number of hydrogen-bond donors (Lipinski definition) is 0. The summed E-state index contributed by atoms with van der Waals surface area (Å²) in [5, 5.41) is 0. The van der Waals surface area contributed by atoms with Crippen LogP contribution in [0.3, 0.4) is 0 Å². The molecule has 1 aliphatic rings. The molecule has 0 amide bonds. The van der Waals surface area contributed by atoms with E-state index in [1.54, 1.807) is 15.0 Å². The van der Waals surface area contributed by atoms with Gasteiger partial charge >= 0.3 is 195 Å². The Morgan fingerprint density at radius 3 is 1.69 bits per heavy atom. The van der Waals surface area contributed by atoms with Crippen LogP contribution in [0.5, 0.6) is 5.75 Å². The van der Waals surface area contributed by atoms with Crippen LogP contribution < -0.4 is 3.32 Å². The van der Waals surface area contributed by atoms with E-state index >= 15 is 0 Å². The Kier molecular flexibility index (Phi) is 15.8. The largest absolute Gasteiger partial charge is 0.147 e. The summed E-state index contributed by atoms with van der Waals surface area (Å²) in [5.41, 5.74) is 7.63. The minimum absolute atomic E-state index is 0. The van der Waals surface area contributed by atoms with Crippen molar-refractivity contribution in [3.8, 4) is 5.75 Å². The van der Waals surface area contributed by atoms with E-state index in [0.717, 1.165) is 0 Å². The third kappa shape index (κ3) is 8.66. The van der Waals surface area contributed by atoms with Crippen molar-refractivity contribution in [2.45, 2.75) is 106 Å². The maximum atomic E-state index is 7.04. The Hall–Kier alpha value is 0.0112. The standard InChI is InChI=1S/C16H26O.C9H13.C2H7Si.2ClH.Ti/c1-3-5-7-9-14-11-15(10-8-6-4-2)13-16(17)12-14;1-6-5-7(2)9(4)8(6)3;1-3-2;;;/h11-13,17H,3-10H2,1-2H3;6H,1-4H3;3H,1-2H3;2*1H;/q;;;;;+1/p-1. The molecule has 0 aromatic heterocycles. The normalized spacial score (nSPS) is 15.7. The Balaban J connectivity index is 0.00000480. The van der Waals surface area contributed by atoms with Crippen LogP contribution in [0.1, 0.15) is 91.2 Å². The van der Waals surface area contributed by atoms with Gasteiger partial charge in [-0.3, -0.25) is 0 Å². The van der Waals surface area contributed by atoms with E-state index in [1.165, 1.54) is 73.8 Å². The van der Waals surface area contributed by atoms with Crippen molar-refractivity contribution in [2.75, 3.05) is 0 Å². The van der Waals surface area contributed by atoms with E-state index in [0.29, 0.717) is 5.92 Å². The van der Waals surface area contributed by atoms with Crippen molar-refractivity contribution in [3.05, 3.63) is 49.9 Å². The average molecular weight is 535 g/mol. The van der Waals surface area contributed by atoms with E-state index in [2.05, 4.69) is 72.8 Å². The molecule has 1 aliphatic carbocycles. The number of aryl methyl sites for hydroxylation is 2. The first-order valence-electron chi connectivity index (χ1n) is 12.4. The van der Waals surface area contributed by atoms with Crippen molar-refractivity contribution < 1.29 is 20.8 Å². The molecule has 0 aliphatic heterocycles. The molecule has 1 aromatic carbocycles. The molecule has 5 heteroatoms. The predicted octanol–water partition coefficient (Wildman–Crippen LogP) is 9.15. The van der Waals surface area contributed by atoms with Gasteiger partial charge in [-0.25, -0.2) is 0 Å². The fourth-order valence-corrected chi connectivity index (χ4v) is 14.6. The minimum Gasteiger partial charge on any atom is -0.147 e. The Morgan fingerprint density at radius 1 is 0.812 bits per heavy atom. The van der Waals surface area contributed by atoms with E-state index in [-0.39, 0.29) is 24.8 Å². The third-order valence-corrected chi connectivity index (χ3v) is 17.4. The van der Waals surface area contributed by atoms with Gasteiger partial charge in [0.2, 0.25) is 0 Å². The summed E-state index contributed by atoms with van der Waals surface area (Å²) in [7, 11) is 0. The molecule has 2 rings (SSSR count). The number of halogens is 2. The number of hydrogen-bond acceptors (Lipinski definition) is 1. The summed E-state index contributed by atoms with van der Waals surface area (Å²) in [5.74, 6) is 1.77. The maximum Gasteiger partial charge on any atom is -0.147 e. The second-order valence-electron chi connectivity index (χ2n) is 9.59. The summed E-state index contributed by atoms with van der Waals surface area (Å²) in [4.78, 5) is 0. The topological polar surface area (TPSA) is 9.23 Å². The van der Waals surface area contributed by atoms with Crippen molar-refractivity contribution in [2.24, 2.45) is 5.92 Å². The molecule has 0 bridgehead atoms. The van der Waals surface area contributed by atoms with Gasteiger partial charge in [0.25, 0.3) is 0 Å².